The monoisotopic (exact) mass is 278 g/mol. The fraction of sp³-hybridized carbons (Fsp3) is 0.400. The van der Waals surface area contributed by atoms with Gasteiger partial charge in [0, 0.05) is 21.9 Å². The number of hydrogen-bond donors (Lipinski definition) is 0. The van der Waals surface area contributed by atoms with Crippen LogP contribution in [0.1, 0.15) is 30.8 Å². The summed E-state index contributed by atoms with van der Waals surface area (Å²) in [4.78, 5) is 12.0. The summed E-state index contributed by atoms with van der Waals surface area (Å²) in [7, 11) is -1.11. The van der Waals surface area contributed by atoms with Crippen molar-refractivity contribution in [1.29, 1.82) is 0 Å². The summed E-state index contributed by atoms with van der Waals surface area (Å²) in [6.07, 6.45) is 0.977. The molecule has 0 saturated carbocycles. The van der Waals surface area contributed by atoms with E-state index in [4.69, 9.17) is 4.42 Å². The molecule has 0 N–H and O–H groups in total. The fourth-order valence-corrected chi connectivity index (χ4v) is 3.25. The summed E-state index contributed by atoms with van der Waals surface area (Å²) in [6.45, 7) is 4.10. The van der Waals surface area contributed by atoms with Crippen molar-refractivity contribution in [3.8, 4) is 0 Å². The smallest absolute Gasteiger partial charge is 0.210 e. The van der Waals surface area contributed by atoms with Gasteiger partial charge < -0.3 is 4.42 Å². The molecule has 2 atom stereocenters. The maximum atomic E-state index is 12.0. The third-order valence-electron chi connectivity index (χ3n) is 3.16. The van der Waals surface area contributed by atoms with Gasteiger partial charge in [-0.15, -0.1) is 0 Å². The number of ketones is 1. The van der Waals surface area contributed by atoms with Gasteiger partial charge in [0.1, 0.15) is 5.58 Å². The van der Waals surface area contributed by atoms with Crippen LogP contribution in [0.25, 0.3) is 11.0 Å². The quantitative estimate of drug-likeness (QED) is 0.761. The number of fused-ring (bicyclic) bond motifs is 1. The second-order valence-electron chi connectivity index (χ2n) is 4.84. The number of furan rings is 1. The molecule has 0 aliphatic carbocycles. The summed E-state index contributed by atoms with van der Waals surface area (Å²) >= 11 is 0. The van der Waals surface area contributed by atoms with Crippen LogP contribution in [-0.4, -0.2) is 21.5 Å². The minimum absolute atomic E-state index is 0.0458. The number of Topliss-reactive ketones (excluding diaryl/α,β-unsaturated/α-hetero) is 1. The topological polar surface area (TPSA) is 47.3 Å². The minimum Gasteiger partial charge on any atom is -0.453 e. The number of para-hydroxylation sites is 1. The zero-order valence-corrected chi connectivity index (χ0v) is 12.0. The van der Waals surface area contributed by atoms with Crippen molar-refractivity contribution in [2.24, 2.45) is 5.92 Å². The Morgan fingerprint density at radius 3 is 2.79 bits per heavy atom. The van der Waals surface area contributed by atoms with Crippen LogP contribution in [0.4, 0.5) is 0 Å². The number of rotatable bonds is 6. The molecule has 2 aromatic rings. The molecule has 102 valence electrons. The zero-order valence-electron chi connectivity index (χ0n) is 11.2. The second-order valence-corrected chi connectivity index (χ2v) is 6.34. The van der Waals surface area contributed by atoms with Gasteiger partial charge in [0.2, 0.25) is 5.78 Å². The van der Waals surface area contributed by atoms with Gasteiger partial charge in [-0.2, -0.15) is 0 Å². The summed E-state index contributed by atoms with van der Waals surface area (Å²) in [5, 5.41) is 0.901. The van der Waals surface area contributed by atoms with E-state index in [1.807, 2.05) is 31.2 Å². The van der Waals surface area contributed by atoms with E-state index in [0.717, 1.165) is 11.8 Å². The largest absolute Gasteiger partial charge is 0.453 e. The van der Waals surface area contributed by atoms with E-state index in [1.165, 1.54) is 0 Å². The number of carbonyl (C=O) groups is 1. The van der Waals surface area contributed by atoms with Gasteiger partial charge in [0.15, 0.2) is 5.76 Å². The Kier molecular flexibility index (Phi) is 4.53. The van der Waals surface area contributed by atoms with E-state index in [-0.39, 0.29) is 11.5 Å². The summed E-state index contributed by atoms with van der Waals surface area (Å²) < 4.78 is 17.3. The first kappa shape index (κ1) is 14.0. The van der Waals surface area contributed by atoms with Gasteiger partial charge in [0.25, 0.3) is 0 Å². The SMILES string of the molecule is CCC(C)CS(=O)CC(=O)c1cc2ccccc2o1. The maximum absolute atomic E-state index is 12.0. The van der Waals surface area contributed by atoms with Gasteiger partial charge in [-0.1, -0.05) is 38.5 Å². The highest BCUT2D eigenvalue weighted by Crippen LogP contribution is 2.19. The van der Waals surface area contributed by atoms with Gasteiger partial charge in [-0.25, -0.2) is 0 Å². The zero-order chi connectivity index (χ0) is 13.8. The Balaban J connectivity index is 2.05. The Labute approximate surface area is 115 Å². The van der Waals surface area contributed by atoms with Crippen LogP contribution in [0, 0.1) is 5.92 Å². The first-order chi connectivity index (χ1) is 9.10. The first-order valence-electron chi connectivity index (χ1n) is 6.47. The molecule has 3 nitrogen and oxygen atoms in total. The minimum atomic E-state index is -1.11. The standard InChI is InChI=1S/C15H18O3S/c1-3-11(2)9-19(17)10-13(16)15-8-12-6-4-5-7-14(12)18-15/h4-8,11H,3,9-10H2,1-2H3. The lowest BCUT2D eigenvalue weighted by Gasteiger charge is -2.06. The summed E-state index contributed by atoms with van der Waals surface area (Å²) in [6, 6.07) is 9.19. The molecule has 0 radical (unpaired) electrons. The van der Waals surface area contributed by atoms with Gasteiger partial charge in [-0.05, 0) is 18.1 Å². The van der Waals surface area contributed by atoms with Crippen molar-refractivity contribution in [3.05, 3.63) is 36.1 Å². The predicted molar refractivity (Wildman–Crippen MR) is 77.9 cm³/mol. The van der Waals surface area contributed by atoms with Gasteiger partial charge in [0.05, 0.1) is 5.75 Å². The van der Waals surface area contributed by atoms with E-state index in [0.29, 0.717) is 23.0 Å². The van der Waals surface area contributed by atoms with Crippen LogP contribution in [0.5, 0.6) is 0 Å². The van der Waals surface area contributed by atoms with Crippen LogP contribution in [0.15, 0.2) is 34.7 Å². The van der Waals surface area contributed by atoms with Crippen molar-refractivity contribution in [3.63, 3.8) is 0 Å². The van der Waals surface area contributed by atoms with E-state index in [9.17, 15) is 9.00 Å². The molecule has 1 heterocycles. The van der Waals surface area contributed by atoms with Crippen molar-refractivity contribution < 1.29 is 13.4 Å². The highest BCUT2D eigenvalue weighted by Gasteiger charge is 2.16. The van der Waals surface area contributed by atoms with Crippen molar-refractivity contribution in [1.82, 2.24) is 0 Å². The Morgan fingerprint density at radius 1 is 1.37 bits per heavy atom. The van der Waals surface area contributed by atoms with Gasteiger partial charge >= 0.3 is 0 Å². The number of benzene rings is 1. The molecular weight excluding hydrogens is 260 g/mol. The lowest BCUT2D eigenvalue weighted by Crippen LogP contribution is -2.16. The number of hydrogen-bond acceptors (Lipinski definition) is 3. The lowest BCUT2D eigenvalue weighted by molar-refractivity contribution is 0.0993. The molecule has 0 aliphatic heterocycles. The first-order valence-corrected chi connectivity index (χ1v) is 7.95. The predicted octanol–water partition coefficient (Wildman–Crippen LogP) is 3.41. The maximum Gasteiger partial charge on any atom is 0.210 e. The van der Waals surface area contributed by atoms with Crippen LogP contribution in [-0.2, 0) is 10.8 Å². The molecule has 2 rings (SSSR count). The average Bonchev–Trinajstić information content (AvgIpc) is 2.82. The molecule has 0 amide bonds. The third kappa shape index (κ3) is 3.53. The molecule has 0 fully saturated rings. The van der Waals surface area contributed by atoms with E-state index >= 15 is 0 Å². The Hall–Kier alpha value is -1.42. The van der Waals surface area contributed by atoms with Crippen LogP contribution < -0.4 is 0 Å². The molecule has 0 bridgehead atoms. The number of carbonyl (C=O) groups excluding carboxylic acids is 1. The lowest BCUT2D eigenvalue weighted by atomic mass is 10.2. The summed E-state index contributed by atoms with van der Waals surface area (Å²) in [5.74, 6) is 1.12. The Morgan fingerprint density at radius 2 is 2.11 bits per heavy atom. The molecule has 1 aromatic carbocycles. The van der Waals surface area contributed by atoms with E-state index in [2.05, 4.69) is 6.92 Å². The summed E-state index contributed by atoms with van der Waals surface area (Å²) in [5.41, 5.74) is 0.693. The van der Waals surface area contributed by atoms with E-state index in [1.54, 1.807) is 6.07 Å². The molecule has 0 aliphatic rings. The molecule has 2 unspecified atom stereocenters. The molecule has 4 heteroatoms. The highest BCUT2D eigenvalue weighted by molar-refractivity contribution is 7.85. The van der Waals surface area contributed by atoms with Crippen LogP contribution in [0.3, 0.4) is 0 Å². The third-order valence-corrected chi connectivity index (χ3v) is 4.68. The molecule has 0 saturated heterocycles. The van der Waals surface area contributed by atoms with Gasteiger partial charge in [-0.3, -0.25) is 9.00 Å². The molecule has 19 heavy (non-hydrogen) atoms. The molecule has 0 spiro atoms. The Bertz CT molecular complexity index is 567. The van der Waals surface area contributed by atoms with Crippen LogP contribution >= 0.6 is 0 Å². The molecular formula is C15H18O3S. The van der Waals surface area contributed by atoms with Crippen molar-refractivity contribution in [2.45, 2.75) is 20.3 Å². The normalized spacial score (nSPS) is 14.4. The fourth-order valence-electron chi connectivity index (χ4n) is 1.83. The highest BCUT2D eigenvalue weighted by atomic mass is 32.2. The van der Waals surface area contributed by atoms with Crippen molar-refractivity contribution in [2.75, 3.05) is 11.5 Å². The second kappa shape index (κ2) is 6.15. The van der Waals surface area contributed by atoms with Crippen molar-refractivity contribution >= 4 is 27.6 Å². The average molecular weight is 278 g/mol. The molecule has 1 aromatic heterocycles. The van der Waals surface area contributed by atoms with E-state index < -0.39 is 10.8 Å². The van der Waals surface area contributed by atoms with Crippen LogP contribution in [0.2, 0.25) is 0 Å².